The van der Waals surface area contributed by atoms with Gasteiger partial charge in [0.25, 0.3) is 0 Å². The van der Waals surface area contributed by atoms with Gasteiger partial charge in [0.1, 0.15) is 5.75 Å². The molecular weight excluding hydrogens is 230 g/mol. The Morgan fingerprint density at radius 3 is 2.33 bits per heavy atom. The van der Waals surface area contributed by atoms with E-state index in [1.807, 2.05) is 26.0 Å². The molecule has 0 spiro atoms. The summed E-state index contributed by atoms with van der Waals surface area (Å²) in [6, 6.07) is 3.88. The largest absolute Gasteiger partial charge is 0.496 e. The Labute approximate surface area is 107 Å². The van der Waals surface area contributed by atoms with Crippen LogP contribution in [0, 0.1) is 13.8 Å². The third kappa shape index (κ3) is 3.34. The van der Waals surface area contributed by atoms with Gasteiger partial charge in [0.05, 0.1) is 13.2 Å². The molecule has 1 unspecified atom stereocenters. The first-order valence-corrected chi connectivity index (χ1v) is 5.73. The maximum Gasteiger partial charge on any atom is 0.328 e. The van der Waals surface area contributed by atoms with Crippen LogP contribution >= 0.6 is 0 Å². The van der Waals surface area contributed by atoms with E-state index in [2.05, 4.69) is 5.32 Å². The van der Waals surface area contributed by atoms with Crippen molar-refractivity contribution in [3.63, 3.8) is 0 Å². The van der Waals surface area contributed by atoms with E-state index in [0.717, 1.165) is 28.5 Å². The molecule has 0 heterocycles. The molecule has 4 nitrogen and oxygen atoms in total. The highest BCUT2D eigenvalue weighted by molar-refractivity contribution is 5.79. The average Bonchev–Trinajstić information content (AvgIpc) is 2.29. The van der Waals surface area contributed by atoms with Crippen molar-refractivity contribution in [1.82, 2.24) is 5.32 Å². The van der Waals surface area contributed by atoms with E-state index in [-0.39, 0.29) is 6.04 Å². The molecule has 0 aromatic heterocycles. The van der Waals surface area contributed by atoms with Crippen molar-refractivity contribution in [2.75, 3.05) is 14.2 Å². The predicted octanol–water partition coefficient (Wildman–Crippen LogP) is 2.21. The molecule has 0 amide bonds. The van der Waals surface area contributed by atoms with Crippen LogP contribution in [0.4, 0.5) is 0 Å². The van der Waals surface area contributed by atoms with Crippen molar-refractivity contribution in [3.8, 4) is 5.75 Å². The zero-order chi connectivity index (χ0) is 13.7. The zero-order valence-corrected chi connectivity index (χ0v) is 11.2. The van der Waals surface area contributed by atoms with Crippen molar-refractivity contribution in [3.05, 3.63) is 41.0 Å². The SMILES string of the molecule is CNC(/C=C/C(=O)O)c1cc(C)c(OC)c(C)c1. The Morgan fingerprint density at radius 2 is 1.94 bits per heavy atom. The van der Waals surface area contributed by atoms with E-state index in [1.54, 1.807) is 20.2 Å². The topological polar surface area (TPSA) is 58.6 Å². The fraction of sp³-hybridized carbons (Fsp3) is 0.357. The normalized spacial score (nSPS) is 12.7. The molecule has 1 aromatic carbocycles. The Kier molecular flexibility index (Phi) is 4.92. The fourth-order valence-corrected chi connectivity index (χ4v) is 2.04. The highest BCUT2D eigenvalue weighted by atomic mass is 16.5. The minimum Gasteiger partial charge on any atom is -0.496 e. The highest BCUT2D eigenvalue weighted by Crippen LogP contribution is 2.27. The summed E-state index contributed by atoms with van der Waals surface area (Å²) in [7, 11) is 3.45. The second kappa shape index (κ2) is 6.21. The second-order valence-corrected chi connectivity index (χ2v) is 4.15. The van der Waals surface area contributed by atoms with E-state index in [9.17, 15) is 4.79 Å². The highest BCUT2D eigenvalue weighted by Gasteiger charge is 2.11. The summed E-state index contributed by atoms with van der Waals surface area (Å²) in [5.41, 5.74) is 3.10. The van der Waals surface area contributed by atoms with Gasteiger partial charge >= 0.3 is 5.97 Å². The van der Waals surface area contributed by atoms with Crippen LogP contribution in [0.15, 0.2) is 24.3 Å². The van der Waals surface area contributed by atoms with Crippen molar-refractivity contribution in [2.24, 2.45) is 0 Å². The van der Waals surface area contributed by atoms with Gasteiger partial charge in [-0.05, 0) is 37.6 Å². The minimum atomic E-state index is -0.947. The van der Waals surface area contributed by atoms with Crippen LogP contribution in [0.3, 0.4) is 0 Å². The number of ether oxygens (including phenoxy) is 1. The summed E-state index contributed by atoms with van der Waals surface area (Å²) in [6.45, 7) is 3.95. The maximum absolute atomic E-state index is 10.6. The van der Waals surface area contributed by atoms with Crippen molar-refractivity contribution in [2.45, 2.75) is 19.9 Å². The molecule has 0 fully saturated rings. The molecule has 0 aliphatic rings. The predicted molar refractivity (Wildman–Crippen MR) is 71.0 cm³/mol. The lowest BCUT2D eigenvalue weighted by Crippen LogP contribution is -2.15. The Bertz CT molecular complexity index is 443. The number of aliphatic carboxylic acids is 1. The number of carboxylic acid groups (broad SMARTS) is 1. The van der Waals surface area contributed by atoms with Gasteiger partial charge < -0.3 is 15.2 Å². The molecule has 0 aliphatic carbocycles. The number of hydrogen-bond acceptors (Lipinski definition) is 3. The van der Waals surface area contributed by atoms with E-state index >= 15 is 0 Å². The number of nitrogens with one attached hydrogen (secondary N) is 1. The van der Waals surface area contributed by atoms with Crippen LogP contribution in [-0.2, 0) is 4.79 Å². The van der Waals surface area contributed by atoms with Crippen LogP contribution in [0.2, 0.25) is 0 Å². The Morgan fingerprint density at radius 1 is 1.39 bits per heavy atom. The van der Waals surface area contributed by atoms with Gasteiger partial charge in [-0.2, -0.15) is 0 Å². The van der Waals surface area contributed by atoms with Gasteiger partial charge in [0.15, 0.2) is 0 Å². The standard InChI is InChI=1S/C14H19NO3/c1-9-7-11(8-10(2)14(9)18-4)12(15-3)5-6-13(16)17/h5-8,12,15H,1-4H3,(H,16,17)/b6-5+. The summed E-state index contributed by atoms with van der Waals surface area (Å²) >= 11 is 0. The second-order valence-electron chi connectivity index (χ2n) is 4.15. The Balaban J connectivity index is 3.11. The summed E-state index contributed by atoms with van der Waals surface area (Å²) in [4.78, 5) is 10.6. The van der Waals surface area contributed by atoms with Crippen molar-refractivity contribution < 1.29 is 14.6 Å². The molecular formula is C14H19NO3. The molecule has 98 valence electrons. The number of aryl methyl sites for hydroxylation is 2. The molecule has 0 saturated heterocycles. The van der Waals surface area contributed by atoms with E-state index in [1.165, 1.54) is 0 Å². The van der Waals surface area contributed by atoms with Crippen LogP contribution in [-0.4, -0.2) is 25.2 Å². The van der Waals surface area contributed by atoms with Crippen molar-refractivity contribution in [1.29, 1.82) is 0 Å². The molecule has 1 rings (SSSR count). The molecule has 1 aromatic rings. The summed E-state index contributed by atoms with van der Waals surface area (Å²) in [5, 5.41) is 11.7. The number of rotatable bonds is 5. The summed E-state index contributed by atoms with van der Waals surface area (Å²) in [6.07, 6.45) is 2.78. The molecule has 1 atom stereocenters. The quantitative estimate of drug-likeness (QED) is 0.785. The molecule has 0 radical (unpaired) electrons. The van der Waals surface area contributed by atoms with Crippen LogP contribution in [0.25, 0.3) is 0 Å². The monoisotopic (exact) mass is 249 g/mol. The number of hydrogen-bond donors (Lipinski definition) is 2. The van der Waals surface area contributed by atoms with Crippen LogP contribution in [0.5, 0.6) is 5.75 Å². The summed E-state index contributed by atoms with van der Waals surface area (Å²) < 4.78 is 5.31. The van der Waals surface area contributed by atoms with Gasteiger partial charge in [0.2, 0.25) is 0 Å². The maximum atomic E-state index is 10.6. The average molecular weight is 249 g/mol. The van der Waals surface area contributed by atoms with Gasteiger partial charge in [-0.3, -0.25) is 0 Å². The van der Waals surface area contributed by atoms with Gasteiger partial charge in [-0.1, -0.05) is 18.2 Å². The number of carboxylic acids is 1. The third-order valence-electron chi connectivity index (χ3n) is 2.79. The van der Waals surface area contributed by atoms with Gasteiger partial charge in [0, 0.05) is 6.08 Å². The van der Waals surface area contributed by atoms with E-state index in [4.69, 9.17) is 9.84 Å². The van der Waals surface area contributed by atoms with E-state index in [0.29, 0.717) is 0 Å². The third-order valence-corrected chi connectivity index (χ3v) is 2.79. The smallest absolute Gasteiger partial charge is 0.328 e. The number of carbonyl (C=O) groups is 1. The lowest BCUT2D eigenvalue weighted by atomic mass is 10.00. The molecule has 18 heavy (non-hydrogen) atoms. The minimum absolute atomic E-state index is 0.121. The first kappa shape index (κ1) is 14.3. The first-order chi connectivity index (χ1) is 8.49. The van der Waals surface area contributed by atoms with Gasteiger partial charge in [-0.15, -0.1) is 0 Å². The van der Waals surface area contributed by atoms with Crippen molar-refractivity contribution >= 4 is 5.97 Å². The molecule has 4 heteroatoms. The zero-order valence-electron chi connectivity index (χ0n) is 11.2. The number of benzene rings is 1. The van der Waals surface area contributed by atoms with E-state index < -0.39 is 5.97 Å². The first-order valence-electron chi connectivity index (χ1n) is 5.73. The molecule has 2 N–H and O–H groups in total. The molecule has 0 saturated carbocycles. The number of methoxy groups -OCH3 is 1. The lowest BCUT2D eigenvalue weighted by Gasteiger charge is -2.16. The Hall–Kier alpha value is -1.81. The number of likely N-dealkylation sites (N-methyl/N-ethyl adjacent to an activating group) is 1. The lowest BCUT2D eigenvalue weighted by molar-refractivity contribution is -0.131. The van der Waals surface area contributed by atoms with Gasteiger partial charge in [-0.25, -0.2) is 4.79 Å². The molecule has 0 bridgehead atoms. The van der Waals surface area contributed by atoms with Crippen LogP contribution in [0.1, 0.15) is 22.7 Å². The fourth-order valence-electron chi connectivity index (χ4n) is 2.04. The summed E-state index contributed by atoms with van der Waals surface area (Å²) in [5.74, 6) is -0.0759. The van der Waals surface area contributed by atoms with Crippen LogP contribution < -0.4 is 10.1 Å². The molecule has 0 aliphatic heterocycles.